The molecule has 1 amide bonds. The molecule has 1 aromatic carbocycles. The van der Waals surface area contributed by atoms with Crippen molar-refractivity contribution in [3.8, 4) is 0 Å². The molecular weight excluding hydrogens is 259 g/mol. The highest BCUT2D eigenvalue weighted by atomic mass is 19.1. The fourth-order valence-electron chi connectivity index (χ4n) is 1.97. The van der Waals surface area contributed by atoms with Crippen LogP contribution < -0.4 is 10.6 Å². The molecule has 0 aliphatic carbocycles. The third kappa shape index (κ3) is 2.85. The Labute approximate surface area is 116 Å². The van der Waals surface area contributed by atoms with Gasteiger partial charge in [0.2, 0.25) is 0 Å². The number of carbonyl (C=O) groups is 1. The molecule has 0 saturated heterocycles. The van der Waals surface area contributed by atoms with Crippen molar-refractivity contribution in [2.24, 2.45) is 12.8 Å². The van der Waals surface area contributed by atoms with Crippen LogP contribution >= 0.6 is 0 Å². The Bertz CT molecular complexity index is 596. The Balaban J connectivity index is 2.35. The van der Waals surface area contributed by atoms with Crippen molar-refractivity contribution in [2.75, 3.05) is 18.0 Å². The molecular formula is C14H17FN4O. The molecule has 0 aliphatic heterocycles. The smallest absolute Gasteiger partial charge is 0.276 e. The van der Waals surface area contributed by atoms with E-state index in [0.29, 0.717) is 25.2 Å². The minimum absolute atomic E-state index is 0.257. The number of para-hydroxylation sites is 1. The molecule has 20 heavy (non-hydrogen) atoms. The number of amides is 1. The Kier molecular flexibility index (Phi) is 4.47. The van der Waals surface area contributed by atoms with Gasteiger partial charge in [-0.1, -0.05) is 12.1 Å². The number of nitrogens with zero attached hydrogens (tertiary/aromatic N) is 3. The van der Waals surface area contributed by atoms with E-state index in [9.17, 15) is 9.18 Å². The van der Waals surface area contributed by atoms with Crippen LogP contribution in [0.3, 0.4) is 0 Å². The summed E-state index contributed by atoms with van der Waals surface area (Å²) in [7, 11) is 1.68. The second-order valence-corrected chi connectivity index (χ2v) is 4.39. The summed E-state index contributed by atoms with van der Waals surface area (Å²) in [6.07, 6.45) is 2.13. The number of benzene rings is 1. The zero-order chi connectivity index (χ0) is 14.5. The van der Waals surface area contributed by atoms with Crippen molar-refractivity contribution >= 4 is 11.6 Å². The number of aryl methyl sites for hydroxylation is 1. The number of anilines is 1. The summed E-state index contributed by atoms with van der Waals surface area (Å²) in [4.78, 5) is 13.9. The molecule has 0 fully saturated rings. The van der Waals surface area contributed by atoms with Crippen LogP contribution in [0.1, 0.15) is 16.9 Å². The third-order valence-electron chi connectivity index (χ3n) is 3.01. The minimum atomic E-state index is -0.431. The van der Waals surface area contributed by atoms with Crippen molar-refractivity contribution in [3.05, 3.63) is 48.0 Å². The molecule has 5 nitrogen and oxygen atoms in total. The summed E-state index contributed by atoms with van der Waals surface area (Å²) < 4.78 is 15.4. The van der Waals surface area contributed by atoms with E-state index in [1.165, 1.54) is 21.8 Å². The van der Waals surface area contributed by atoms with E-state index in [0.717, 1.165) is 0 Å². The number of aromatic nitrogens is 2. The average Bonchev–Trinajstić information content (AvgIpc) is 2.87. The molecule has 2 rings (SSSR count). The van der Waals surface area contributed by atoms with Crippen LogP contribution in [0.25, 0.3) is 0 Å². The van der Waals surface area contributed by atoms with Crippen molar-refractivity contribution < 1.29 is 9.18 Å². The first-order valence-corrected chi connectivity index (χ1v) is 6.39. The number of hydrogen-bond acceptors (Lipinski definition) is 3. The molecule has 2 aromatic rings. The normalized spacial score (nSPS) is 10.6. The van der Waals surface area contributed by atoms with Crippen LogP contribution in [0.2, 0.25) is 0 Å². The van der Waals surface area contributed by atoms with Gasteiger partial charge in [-0.05, 0) is 31.2 Å². The maximum absolute atomic E-state index is 13.9. The van der Waals surface area contributed by atoms with Gasteiger partial charge in [0.15, 0.2) is 0 Å². The highest BCUT2D eigenvalue weighted by Gasteiger charge is 2.22. The first kappa shape index (κ1) is 14.2. The van der Waals surface area contributed by atoms with Gasteiger partial charge in [-0.15, -0.1) is 0 Å². The molecule has 0 bridgehead atoms. The molecule has 0 unspecified atom stereocenters. The van der Waals surface area contributed by atoms with Crippen LogP contribution in [0, 0.1) is 5.82 Å². The Hall–Kier alpha value is -2.21. The molecule has 106 valence electrons. The predicted molar refractivity (Wildman–Crippen MR) is 75.0 cm³/mol. The highest BCUT2D eigenvalue weighted by molar-refractivity contribution is 6.05. The fraction of sp³-hybridized carbons (Fsp3) is 0.286. The summed E-state index contributed by atoms with van der Waals surface area (Å²) in [5, 5.41) is 3.97. The van der Waals surface area contributed by atoms with Crippen LogP contribution in [-0.4, -0.2) is 28.8 Å². The van der Waals surface area contributed by atoms with Gasteiger partial charge < -0.3 is 10.6 Å². The average molecular weight is 276 g/mol. The molecule has 0 saturated carbocycles. The fourth-order valence-corrected chi connectivity index (χ4v) is 1.97. The van der Waals surface area contributed by atoms with Gasteiger partial charge >= 0.3 is 0 Å². The van der Waals surface area contributed by atoms with E-state index in [2.05, 4.69) is 5.10 Å². The largest absolute Gasteiger partial charge is 0.330 e. The molecule has 1 heterocycles. The van der Waals surface area contributed by atoms with Crippen LogP contribution in [0.5, 0.6) is 0 Å². The van der Waals surface area contributed by atoms with Gasteiger partial charge in [0.05, 0.1) is 5.69 Å². The van der Waals surface area contributed by atoms with Gasteiger partial charge in [0.1, 0.15) is 11.5 Å². The number of rotatable bonds is 5. The first-order valence-electron chi connectivity index (χ1n) is 6.39. The molecule has 0 radical (unpaired) electrons. The summed E-state index contributed by atoms with van der Waals surface area (Å²) in [6.45, 7) is 0.797. The quantitative estimate of drug-likeness (QED) is 0.901. The number of nitrogens with two attached hydrogens (primary N) is 1. The van der Waals surface area contributed by atoms with Gasteiger partial charge in [-0.2, -0.15) is 5.10 Å². The lowest BCUT2D eigenvalue weighted by Gasteiger charge is -2.23. The van der Waals surface area contributed by atoms with Gasteiger partial charge in [-0.3, -0.25) is 9.48 Å². The summed E-state index contributed by atoms with van der Waals surface area (Å²) in [5.74, 6) is -0.719. The number of hydrogen-bond donors (Lipinski definition) is 1. The Morgan fingerprint density at radius 3 is 2.75 bits per heavy atom. The van der Waals surface area contributed by atoms with Crippen LogP contribution in [-0.2, 0) is 7.05 Å². The minimum Gasteiger partial charge on any atom is -0.330 e. The molecule has 0 aliphatic rings. The summed E-state index contributed by atoms with van der Waals surface area (Å²) >= 11 is 0. The molecule has 2 N–H and O–H groups in total. The molecule has 1 aromatic heterocycles. The maximum Gasteiger partial charge on any atom is 0.276 e. The number of carbonyl (C=O) groups excluding carboxylic acids is 1. The topological polar surface area (TPSA) is 64.2 Å². The van der Waals surface area contributed by atoms with Crippen LogP contribution in [0.4, 0.5) is 10.1 Å². The standard InChI is InChI=1S/C14H17FN4O/c1-18-13(7-9-17-18)14(20)19(10-4-8-16)12-6-3-2-5-11(12)15/h2-3,5-7,9H,4,8,10,16H2,1H3. The Morgan fingerprint density at radius 2 is 2.15 bits per heavy atom. The van der Waals surface area contributed by atoms with Crippen molar-refractivity contribution in [1.82, 2.24) is 9.78 Å². The molecule has 6 heteroatoms. The molecule has 0 atom stereocenters. The van der Waals surface area contributed by atoms with E-state index in [-0.39, 0.29) is 11.6 Å². The van der Waals surface area contributed by atoms with E-state index < -0.39 is 5.82 Å². The van der Waals surface area contributed by atoms with E-state index in [4.69, 9.17) is 5.73 Å². The lowest BCUT2D eigenvalue weighted by atomic mass is 10.2. The monoisotopic (exact) mass is 276 g/mol. The zero-order valence-corrected chi connectivity index (χ0v) is 11.3. The summed E-state index contributed by atoms with van der Waals surface area (Å²) in [6, 6.07) is 7.82. The summed E-state index contributed by atoms with van der Waals surface area (Å²) in [5.41, 5.74) is 6.16. The van der Waals surface area contributed by atoms with Crippen molar-refractivity contribution in [3.63, 3.8) is 0 Å². The third-order valence-corrected chi connectivity index (χ3v) is 3.01. The lowest BCUT2D eigenvalue weighted by Crippen LogP contribution is -2.34. The lowest BCUT2D eigenvalue weighted by molar-refractivity contribution is 0.0977. The second kappa shape index (κ2) is 6.29. The number of halogens is 1. The second-order valence-electron chi connectivity index (χ2n) is 4.39. The maximum atomic E-state index is 13.9. The van der Waals surface area contributed by atoms with E-state index >= 15 is 0 Å². The first-order chi connectivity index (χ1) is 9.65. The Morgan fingerprint density at radius 1 is 1.40 bits per heavy atom. The zero-order valence-electron chi connectivity index (χ0n) is 11.3. The van der Waals surface area contributed by atoms with E-state index in [1.807, 2.05) is 0 Å². The van der Waals surface area contributed by atoms with Gasteiger partial charge in [0.25, 0.3) is 5.91 Å². The van der Waals surface area contributed by atoms with Gasteiger partial charge in [0, 0.05) is 19.8 Å². The molecule has 0 spiro atoms. The highest BCUT2D eigenvalue weighted by Crippen LogP contribution is 2.21. The van der Waals surface area contributed by atoms with E-state index in [1.54, 1.807) is 31.3 Å². The van der Waals surface area contributed by atoms with Gasteiger partial charge in [-0.25, -0.2) is 4.39 Å². The van der Waals surface area contributed by atoms with Crippen molar-refractivity contribution in [1.29, 1.82) is 0 Å². The predicted octanol–water partition coefficient (Wildman–Crippen LogP) is 1.55. The van der Waals surface area contributed by atoms with Crippen molar-refractivity contribution in [2.45, 2.75) is 6.42 Å². The SMILES string of the molecule is Cn1nccc1C(=O)N(CCCN)c1ccccc1F. The van der Waals surface area contributed by atoms with Crippen LogP contribution in [0.15, 0.2) is 36.5 Å².